The predicted molar refractivity (Wildman–Crippen MR) is 158 cm³/mol. The van der Waals surface area contributed by atoms with Crippen LogP contribution in [0.2, 0.25) is 0 Å². The number of carbonyl (C=O) groups is 3. The Hall–Kier alpha value is -4.22. The molecule has 41 heavy (non-hydrogen) atoms. The second-order valence-corrected chi connectivity index (χ2v) is 11.8. The van der Waals surface area contributed by atoms with Crippen molar-refractivity contribution in [3.8, 4) is 11.3 Å². The molecule has 1 unspecified atom stereocenters. The first-order valence-electron chi connectivity index (χ1n) is 13.2. The molecule has 6 rings (SSSR count). The smallest absolute Gasteiger partial charge is 0.412 e. The monoisotopic (exact) mass is 585 g/mol. The van der Waals surface area contributed by atoms with E-state index in [2.05, 4.69) is 20.6 Å². The summed E-state index contributed by atoms with van der Waals surface area (Å²) in [6.07, 6.45) is 4.87. The molecule has 2 N–H and O–H groups in total. The van der Waals surface area contributed by atoms with E-state index < -0.39 is 17.5 Å². The van der Waals surface area contributed by atoms with Crippen molar-refractivity contribution in [3.63, 3.8) is 0 Å². The minimum absolute atomic E-state index is 0.0730. The lowest BCUT2D eigenvalue weighted by atomic mass is 10.1. The highest BCUT2D eigenvalue weighted by atomic mass is 32.2. The van der Waals surface area contributed by atoms with Gasteiger partial charge in [-0.3, -0.25) is 19.5 Å². The van der Waals surface area contributed by atoms with Gasteiger partial charge in [0.1, 0.15) is 18.0 Å². The topological polar surface area (TPSA) is 114 Å². The molecule has 3 amide bonds. The summed E-state index contributed by atoms with van der Waals surface area (Å²) in [5.74, 6) is -0.0150. The van der Waals surface area contributed by atoms with Crippen LogP contribution in [0.5, 0.6) is 0 Å². The summed E-state index contributed by atoms with van der Waals surface area (Å²) >= 11 is 2.79. The number of pyridine rings is 1. The molecular weight excluding hydrogens is 558 g/mol. The number of hydrogen-bond donors (Lipinski definition) is 2. The molecule has 9 nitrogen and oxygen atoms in total. The largest absolute Gasteiger partial charge is 0.444 e. The minimum atomic E-state index is -0.759. The number of carbonyl (C=O) groups excluding carboxylic acids is 3. The average Bonchev–Trinajstić information content (AvgIpc) is 3.51. The van der Waals surface area contributed by atoms with Gasteiger partial charge in [0.25, 0.3) is 5.91 Å². The fourth-order valence-corrected chi connectivity index (χ4v) is 6.57. The van der Waals surface area contributed by atoms with E-state index in [4.69, 9.17) is 4.74 Å². The Labute approximate surface area is 245 Å². The number of benzene rings is 2. The molecule has 0 radical (unpaired) electrons. The van der Waals surface area contributed by atoms with Crippen molar-refractivity contribution in [1.29, 1.82) is 0 Å². The molecular formula is C30H27N5O4S2. The Morgan fingerprint density at radius 2 is 1.80 bits per heavy atom. The average molecular weight is 586 g/mol. The second-order valence-electron chi connectivity index (χ2n) is 9.79. The summed E-state index contributed by atoms with van der Waals surface area (Å²) in [7, 11) is 0. The maximum atomic E-state index is 13.5. The van der Waals surface area contributed by atoms with Gasteiger partial charge in [-0.2, -0.15) is 0 Å². The number of nitrogens with one attached hydrogen (secondary N) is 2. The first kappa shape index (κ1) is 27.0. The molecule has 2 aromatic heterocycles. The predicted octanol–water partition coefficient (Wildman–Crippen LogP) is 5.49. The number of nitrogens with zero attached hydrogens (tertiary/aromatic N) is 3. The zero-order valence-corrected chi connectivity index (χ0v) is 23.6. The third-order valence-electron chi connectivity index (χ3n) is 6.78. The molecule has 4 aromatic rings. The lowest BCUT2D eigenvalue weighted by Gasteiger charge is -2.27. The lowest BCUT2D eigenvalue weighted by Crippen LogP contribution is -2.45. The van der Waals surface area contributed by atoms with Gasteiger partial charge >= 0.3 is 6.09 Å². The van der Waals surface area contributed by atoms with E-state index in [-0.39, 0.29) is 18.4 Å². The van der Waals surface area contributed by atoms with Gasteiger partial charge in [0.15, 0.2) is 5.13 Å². The molecule has 208 valence electrons. The fraction of sp³-hybridized carbons (Fsp3) is 0.233. The molecule has 2 aliphatic rings. The van der Waals surface area contributed by atoms with Crippen LogP contribution < -0.4 is 10.6 Å². The fourth-order valence-electron chi connectivity index (χ4n) is 4.45. The molecule has 3 heterocycles. The molecule has 0 spiro atoms. The summed E-state index contributed by atoms with van der Waals surface area (Å²) in [6, 6.07) is 19.9. The Morgan fingerprint density at radius 3 is 2.54 bits per heavy atom. The number of anilines is 1. The highest BCUT2D eigenvalue weighted by molar-refractivity contribution is 7.99. The van der Waals surface area contributed by atoms with Crippen LogP contribution in [0.25, 0.3) is 11.3 Å². The van der Waals surface area contributed by atoms with E-state index >= 15 is 0 Å². The van der Waals surface area contributed by atoms with Crippen LogP contribution in [-0.4, -0.2) is 50.6 Å². The molecule has 0 bridgehead atoms. The number of rotatable bonds is 8. The lowest BCUT2D eigenvalue weighted by molar-refractivity contribution is -0.120. The summed E-state index contributed by atoms with van der Waals surface area (Å²) in [4.78, 5) is 49.4. The van der Waals surface area contributed by atoms with Gasteiger partial charge in [0.05, 0.1) is 5.69 Å². The number of aromatic nitrogens is 2. The zero-order valence-electron chi connectivity index (χ0n) is 21.9. The van der Waals surface area contributed by atoms with Crippen molar-refractivity contribution in [2.45, 2.75) is 36.9 Å². The Bertz CT molecular complexity index is 1530. The van der Waals surface area contributed by atoms with Gasteiger partial charge in [-0.1, -0.05) is 48.5 Å². The van der Waals surface area contributed by atoms with E-state index in [1.165, 1.54) is 28.0 Å². The van der Waals surface area contributed by atoms with Gasteiger partial charge < -0.3 is 15.4 Å². The molecule has 2 fully saturated rings. The van der Waals surface area contributed by atoms with E-state index in [1.54, 1.807) is 30.6 Å². The van der Waals surface area contributed by atoms with Crippen LogP contribution in [0.1, 0.15) is 39.7 Å². The molecule has 1 aliphatic carbocycles. The zero-order chi connectivity index (χ0) is 28.2. The molecule has 1 saturated heterocycles. The minimum Gasteiger partial charge on any atom is -0.444 e. The van der Waals surface area contributed by atoms with Crippen LogP contribution in [0, 0.1) is 0 Å². The first-order valence-corrected chi connectivity index (χ1v) is 15.2. The second kappa shape index (κ2) is 12.1. The van der Waals surface area contributed by atoms with Crippen molar-refractivity contribution in [2.75, 3.05) is 11.1 Å². The molecule has 1 saturated carbocycles. The van der Waals surface area contributed by atoms with Crippen molar-refractivity contribution in [2.24, 2.45) is 0 Å². The molecule has 11 heteroatoms. The number of ether oxygens (including phenoxy) is 1. The Balaban J connectivity index is 1.14. The highest BCUT2D eigenvalue weighted by Crippen LogP contribution is 2.42. The molecule has 2 aromatic carbocycles. The maximum absolute atomic E-state index is 13.5. The Morgan fingerprint density at radius 1 is 1.00 bits per heavy atom. The summed E-state index contributed by atoms with van der Waals surface area (Å²) in [6.45, 7) is 0.103. The van der Waals surface area contributed by atoms with E-state index in [0.717, 1.165) is 29.5 Å². The summed E-state index contributed by atoms with van der Waals surface area (Å²) in [5, 5.41) is 7.73. The van der Waals surface area contributed by atoms with Crippen LogP contribution in [0.3, 0.4) is 0 Å². The number of thioether (sulfide) groups is 1. The maximum Gasteiger partial charge on any atom is 0.412 e. The highest BCUT2D eigenvalue weighted by Gasteiger charge is 2.43. The third kappa shape index (κ3) is 6.41. The van der Waals surface area contributed by atoms with E-state index in [0.29, 0.717) is 28.2 Å². The van der Waals surface area contributed by atoms with Gasteiger partial charge in [-0.25, -0.2) is 9.78 Å². The van der Waals surface area contributed by atoms with Crippen LogP contribution in [-0.2, 0) is 16.1 Å². The quantitative estimate of drug-likeness (QED) is 0.281. The van der Waals surface area contributed by atoms with Crippen molar-refractivity contribution < 1.29 is 19.1 Å². The van der Waals surface area contributed by atoms with Gasteiger partial charge in [0.2, 0.25) is 5.91 Å². The van der Waals surface area contributed by atoms with Crippen molar-refractivity contribution in [1.82, 2.24) is 20.2 Å². The van der Waals surface area contributed by atoms with Crippen molar-refractivity contribution in [3.05, 3.63) is 101 Å². The van der Waals surface area contributed by atoms with Gasteiger partial charge in [0, 0.05) is 46.3 Å². The van der Waals surface area contributed by atoms with Crippen LogP contribution in [0.4, 0.5) is 9.93 Å². The number of amides is 3. The standard InChI is InChI=1S/C30H27N5O4S2/c36-26(32-23-12-13-23)21-10-8-20(9-11-21)24-17-41-29(33-24)34-27(37)25-18-40-28(22-7-4-14-31-15-22)35(25)30(38)39-16-19-5-2-1-3-6-19/h1-11,14-15,17,23,25,28H,12-13,16,18H2,(H,32,36)(H,33,34,37)/t25?,28-/m0/s1. The van der Waals surface area contributed by atoms with E-state index in [9.17, 15) is 14.4 Å². The Kier molecular flexibility index (Phi) is 7.97. The van der Waals surface area contributed by atoms with Gasteiger partial charge in [-0.15, -0.1) is 23.1 Å². The normalized spacial score (nSPS) is 18.1. The SMILES string of the molecule is O=C(NC1CC1)c1ccc(-c2csc(NC(=O)C3CS[C@@H](c4cccnc4)N3C(=O)OCc3ccccc3)n2)cc1. The van der Waals surface area contributed by atoms with E-state index in [1.807, 2.05) is 53.9 Å². The molecule has 1 aliphatic heterocycles. The third-order valence-corrected chi connectivity index (χ3v) is 8.86. The van der Waals surface area contributed by atoms with Crippen molar-refractivity contribution >= 4 is 46.1 Å². The first-order chi connectivity index (χ1) is 20.0. The summed E-state index contributed by atoms with van der Waals surface area (Å²) < 4.78 is 5.64. The van der Waals surface area contributed by atoms with Gasteiger partial charge in [-0.05, 0) is 36.6 Å². The van der Waals surface area contributed by atoms with Crippen LogP contribution in [0.15, 0.2) is 84.5 Å². The number of thiazole rings is 1. The van der Waals surface area contributed by atoms with Crippen LogP contribution >= 0.6 is 23.1 Å². The summed E-state index contributed by atoms with van der Waals surface area (Å²) in [5.41, 5.74) is 3.80. The molecule has 2 atom stereocenters. The number of hydrogen-bond acceptors (Lipinski definition) is 8.